The highest BCUT2D eigenvalue weighted by molar-refractivity contribution is 6.37. The summed E-state index contributed by atoms with van der Waals surface area (Å²) in [5.74, 6) is 0. The minimum absolute atomic E-state index is 0.212. The van der Waals surface area contributed by atoms with Gasteiger partial charge in [0.15, 0.2) is 0 Å². The second-order valence-electron chi connectivity index (χ2n) is 8.05. The molecule has 4 nitrogen and oxygen atoms in total. The van der Waals surface area contributed by atoms with Crippen LogP contribution in [0.25, 0.3) is 0 Å². The Bertz CT molecular complexity index is 344. The molecule has 0 spiro atoms. The molecule has 3 aliphatic rings. The van der Waals surface area contributed by atoms with Crippen molar-refractivity contribution in [1.82, 2.24) is 4.90 Å². The molecule has 0 aromatic rings. The van der Waals surface area contributed by atoms with Gasteiger partial charge in [-0.05, 0) is 34.1 Å². The van der Waals surface area contributed by atoms with Crippen molar-refractivity contribution < 1.29 is 14.0 Å². The third-order valence-corrected chi connectivity index (χ3v) is 5.14. The summed E-state index contributed by atoms with van der Waals surface area (Å²) in [6.07, 6.45) is 12.1. The Kier molecular flexibility index (Phi) is 6.96. The predicted octanol–water partition coefficient (Wildman–Crippen LogP) is 4.72. The number of nitrogens with zero attached hydrogens (tertiary/aromatic N) is 1. The van der Waals surface area contributed by atoms with Crippen molar-refractivity contribution >= 4 is 7.32 Å². The molecule has 3 rings (SSSR count). The van der Waals surface area contributed by atoms with E-state index in [0.29, 0.717) is 0 Å². The largest absolute Gasteiger partial charge is 0.642 e. The van der Waals surface area contributed by atoms with Gasteiger partial charge in [0, 0.05) is 6.54 Å². The van der Waals surface area contributed by atoms with Crippen LogP contribution in [0.1, 0.15) is 92.4 Å². The average molecular weight is 325 g/mol. The molecule has 1 atom stereocenters. The fourth-order valence-corrected chi connectivity index (χ4v) is 3.83. The highest BCUT2D eigenvalue weighted by Crippen LogP contribution is 2.38. The van der Waals surface area contributed by atoms with Crippen LogP contribution in [-0.4, -0.2) is 36.3 Å². The van der Waals surface area contributed by atoms with Gasteiger partial charge in [0.2, 0.25) is 0 Å². The fraction of sp³-hybridized carbons (Fsp3) is 1.00. The molecule has 2 bridgehead atoms. The molecule has 0 aliphatic carbocycles. The quantitative estimate of drug-likeness (QED) is 0.453. The van der Waals surface area contributed by atoms with Crippen molar-refractivity contribution in [3.63, 3.8) is 0 Å². The summed E-state index contributed by atoms with van der Waals surface area (Å²) in [5.41, 5.74) is -0.666. The molecule has 0 amide bonds. The monoisotopic (exact) mass is 325 g/mol. The number of unbranched alkanes of at least 4 members (excludes halogenated alkanes) is 7. The molecule has 1 unspecified atom stereocenters. The molecule has 0 aromatic heterocycles. The van der Waals surface area contributed by atoms with E-state index in [1.807, 2.05) is 0 Å². The first-order chi connectivity index (χ1) is 10.8. The maximum Gasteiger partial charge on any atom is 0.642 e. The first-order valence-corrected chi connectivity index (χ1v) is 9.64. The van der Waals surface area contributed by atoms with Crippen molar-refractivity contribution in [1.29, 1.82) is 0 Å². The number of fused-ring (bicyclic) bond motifs is 4. The van der Waals surface area contributed by atoms with E-state index < -0.39 is 7.32 Å². The van der Waals surface area contributed by atoms with Gasteiger partial charge in [-0.3, -0.25) is 0 Å². The van der Waals surface area contributed by atoms with E-state index in [2.05, 4.69) is 39.5 Å². The molecule has 3 fully saturated rings. The molecule has 3 aliphatic heterocycles. The zero-order valence-electron chi connectivity index (χ0n) is 15.9. The molecule has 0 radical (unpaired) electrons. The summed E-state index contributed by atoms with van der Waals surface area (Å²) in [4.78, 5) is 2.29. The van der Waals surface area contributed by atoms with Crippen LogP contribution in [0.3, 0.4) is 0 Å². The lowest BCUT2D eigenvalue weighted by molar-refractivity contribution is -0.228. The van der Waals surface area contributed by atoms with Crippen LogP contribution in [0.15, 0.2) is 0 Å². The predicted molar refractivity (Wildman–Crippen MR) is 94.9 cm³/mol. The zero-order valence-corrected chi connectivity index (χ0v) is 15.9. The Morgan fingerprint density at radius 1 is 0.870 bits per heavy atom. The van der Waals surface area contributed by atoms with Gasteiger partial charge in [0.1, 0.15) is 11.4 Å². The Morgan fingerprint density at radius 2 is 1.39 bits per heavy atom. The molecule has 0 N–H and O–H groups in total. The number of hydrogen-bond acceptors (Lipinski definition) is 4. The first kappa shape index (κ1) is 19.2. The Labute approximate surface area is 143 Å². The van der Waals surface area contributed by atoms with Crippen molar-refractivity contribution in [3.8, 4) is 0 Å². The Morgan fingerprint density at radius 3 is 1.96 bits per heavy atom. The normalized spacial score (nSPS) is 28.8. The zero-order chi connectivity index (χ0) is 16.9. The second-order valence-corrected chi connectivity index (χ2v) is 8.05. The minimum atomic E-state index is -0.530. The smallest absolute Gasteiger partial charge is 0.382 e. The summed E-state index contributed by atoms with van der Waals surface area (Å²) in [5, 5.41) is 0. The molecule has 5 heteroatoms. The molecule has 3 heterocycles. The molecular weight excluding hydrogens is 289 g/mol. The molecule has 134 valence electrons. The van der Waals surface area contributed by atoms with E-state index in [4.69, 9.17) is 14.0 Å². The van der Waals surface area contributed by atoms with Gasteiger partial charge in [0.25, 0.3) is 0 Å². The molecule has 0 aromatic carbocycles. The lowest BCUT2D eigenvalue weighted by Crippen LogP contribution is -2.64. The molecule has 3 saturated heterocycles. The van der Waals surface area contributed by atoms with E-state index in [9.17, 15) is 0 Å². The van der Waals surface area contributed by atoms with Crippen LogP contribution in [0.2, 0.25) is 0 Å². The van der Waals surface area contributed by atoms with Crippen LogP contribution in [-0.2, 0) is 14.0 Å². The lowest BCUT2D eigenvalue weighted by Gasteiger charge is -2.50. The van der Waals surface area contributed by atoms with Crippen LogP contribution in [0.4, 0.5) is 0 Å². The maximum absolute atomic E-state index is 6.05. The molecule has 23 heavy (non-hydrogen) atoms. The fourth-order valence-electron chi connectivity index (χ4n) is 3.83. The highest BCUT2D eigenvalue weighted by atomic mass is 16.8. The van der Waals surface area contributed by atoms with Crippen molar-refractivity contribution in [3.05, 3.63) is 0 Å². The van der Waals surface area contributed by atoms with E-state index in [1.54, 1.807) is 0 Å². The van der Waals surface area contributed by atoms with Gasteiger partial charge < -0.3 is 14.0 Å². The van der Waals surface area contributed by atoms with E-state index in [0.717, 1.165) is 13.0 Å². The number of rotatable bonds is 9. The number of hydrogen-bond donors (Lipinski definition) is 0. The van der Waals surface area contributed by atoms with Gasteiger partial charge in [-0.25, -0.2) is 4.90 Å². The van der Waals surface area contributed by atoms with E-state index in [1.165, 1.54) is 51.4 Å². The van der Waals surface area contributed by atoms with Crippen LogP contribution in [0.5, 0.6) is 0 Å². The molecule has 0 saturated carbocycles. The van der Waals surface area contributed by atoms with Crippen LogP contribution < -0.4 is 0 Å². The highest BCUT2D eigenvalue weighted by Gasteiger charge is 2.54. The summed E-state index contributed by atoms with van der Waals surface area (Å²) in [6, 6.07) is 0. The minimum Gasteiger partial charge on any atom is -0.382 e. The van der Waals surface area contributed by atoms with Gasteiger partial charge in [-0.2, -0.15) is 0 Å². The summed E-state index contributed by atoms with van der Waals surface area (Å²) in [7, 11) is -0.530. The average Bonchev–Trinajstić information content (AvgIpc) is 2.64. The van der Waals surface area contributed by atoms with Crippen LogP contribution in [0, 0.1) is 0 Å². The van der Waals surface area contributed by atoms with Crippen molar-refractivity contribution in [2.45, 2.75) is 110 Å². The summed E-state index contributed by atoms with van der Waals surface area (Å²) >= 11 is 0. The third kappa shape index (κ3) is 5.45. The first-order valence-electron chi connectivity index (χ1n) is 9.64. The lowest BCUT2D eigenvalue weighted by atomic mass is 10.0. The van der Waals surface area contributed by atoms with Crippen molar-refractivity contribution in [2.75, 3.05) is 6.54 Å². The maximum atomic E-state index is 6.05. The Balaban J connectivity index is 1.69. The van der Waals surface area contributed by atoms with Crippen LogP contribution >= 0.6 is 0 Å². The van der Waals surface area contributed by atoms with Gasteiger partial charge in [-0.15, -0.1) is 0 Å². The molecular formula is C18H36BNO3. The van der Waals surface area contributed by atoms with Gasteiger partial charge in [0.05, 0.1) is 6.10 Å². The summed E-state index contributed by atoms with van der Waals surface area (Å²) < 4.78 is 17.9. The summed E-state index contributed by atoms with van der Waals surface area (Å²) in [6.45, 7) is 11.6. The van der Waals surface area contributed by atoms with Gasteiger partial charge in [-0.1, -0.05) is 58.3 Å². The van der Waals surface area contributed by atoms with E-state index in [-0.39, 0.29) is 17.6 Å². The standard InChI is InChI=1S/C18H36BNO3/c1-6-7-8-9-10-11-12-13-14-16-15-20-17(2,3)22-19(21-16)23-18(20,4)5/h16H,6-15H2,1-5H3. The van der Waals surface area contributed by atoms with Gasteiger partial charge >= 0.3 is 7.32 Å². The van der Waals surface area contributed by atoms with E-state index >= 15 is 0 Å². The SMILES string of the molecule is CCCCCCCCCCC1CN2C(C)(C)OB(O1)OC2(C)C. The Hall–Kier alpha value is -0.0951. The topological polar surface area (TPSA) is 30.9 Å². The van der Waals surface area contributed by atoms with Crippen molar-refractivity contribution in [2.24, 2.45) is 0 Å². The third-order valence-electron chi connectivity index (χ3n) is 5.14. The second kappa shape index (κ2) is 8.33.